The average molecular weight is 533 g/mol. The molecule has 0 aliphatic carbocycles. The molecule has 32 heavy (non-hydrogen) atoms. The SMILES string of the molecule is NC(=S)Nc1ccc(/C=C/c2ccc(NC(N)=S)cc2S(=O)(=O)[O-])c(S(=O)(=O)[O-])c1.[Na+].[Na+]. The van der Waals surface area contributed by atoms with E-state index in [2.05, 4.69) is 35.1 Å². The Morgan fingerprint density at radius 3 is 1.31 bits per heavy atom. The molecule has 0 aromatic heterocycles. The fourth-order valence-electron chi connectivity index (χ4n) is 2.40. The molecule has 16 heteroatoms. The summed E-state index contributed by atoms with van der Waals surface area (Å²) >= 11 is 9.33. The van der Waals surface area contributed by atoms with Crippen LogP contribution in [0.15, 0.2) is 46.2 Å². The van der Waals surface area contributed by atoms with Gasteiger partial charge in [0.25, 0.3) is 0 Å². The predicted molar refractivity (Wildman–Crippen MR) is 119 cm³/mol. The predicted octanol–water partition coefficient (Wildman–Crippen LogP) is -5.02. The van der Waals surface area contributed by atoms with Gasteiger partial charge in [0, 0.05) is 11.4 Å². The van der Waals surface area contributed by atoms with Gasteiger partial charge in [0.15, 0.2) is 10.2 Å². The van der Waals surface area contributed by atoms with E-state index in [0.717, 1.165) is 12.1 Å². The second-order valence-corrected chi connectivity index (χ2v) is 9.30. The third kappa shape index (κ3) is 9.32. The van der Waals surface area contributed by atoms with E-state index in [1.54, 1.807) is 0 Å². The number of nitrogens with two attached hydrogens (primary N) is 2. The Kier molecular flexibility index (Phi) is 12.5. The quantitative estimate of drug-likeness (QED) is 0.120. The van der Waals surface area contributed by atoms with Crippen molar-refractivity contribution in [3.05, 3.63) is 47.5 Å². The van der Waals surface area contributed by atoms with Crippen molar-refractivity contribution in [1.82, 2.24) is 0 Å². The summed E-state index contributed by atoms with van der Waals surface area (Å²) in [7, 11) is -9.80. The van der Waals surface area contributed by atoms with Crippen LogP contribution in [-0.4, -0.2) is 36.2 Å². The summed E-state index contributed by atoms with van der Waals surface area (Å²) in [6.45, 7) is 0. The van der Waals surface area contributed by atoms with Crippen LogP contribution in [0, 0.1) is 0 Å². The molecule has 0 atom stereocenters. The topological polar surface area (TPSA) is 190 Å². The molecule has 0 heterocycles. The van der Waals surface area contributed by atoms with E-state index >= 15 is 0 Å². The maximum absolute atomic E-state index is 11.6. The van der Waals surface area contributed by atoms with Crippen molar-refractivity contribution in [2.45, 2.75) is 9.79 Å². The molecule has 10 nitrogen and oxygen atoms in total. The Morgan fingerprint density at radius 2 is 1.06 bits per heavy atom. The minimum Gasteiger partial charge on any atom is -0.744 e. The van der Waals surface area contributed by atoms with Gasteiger partial charge in [0.2, 0.25) is 0 Å². The summed E-state index contributed by atoms with van der Waals surface area (Å²) in [5.41, 5.74) is 10.9. The molecule has 2 rings (SSSR count). The Hall–Kier alpha value is -0.620. The molecule has 0 unspecified atom stereocenters. The minimum atomic E-state index is -4.90. The largest absolute Gasteiger partial charge is 1.00 e. The van der Waals surface area contributed by atoms with Crippen molar-refractivity contribution in [3.63, 3.8) is 0 Å². The van der Waals surface area contributed by atoms with E-state index < -0.39 is 30.0 Å². The van der Waals surface area contributed by atoms with E-state index in [1.807, 2.05) is 0 Å². The van der Waals surface area contributed by atoms with Gasteiger partial charge in [-0.25, -0.2) is 16.8 Å². The molecule has 0 aliphatic heterocycles. The average Bonchev–Trinajstić information content (AvgIpc) is 2.58. The van der Waals surface area contributed by atoms with Gasteiger partial charge in [-0.2, -0.15) is 0 Å². The monoisotopic (exact) mass is 532 g/mol. The zero-order valence-electron chi connectivity index (χ0n) is 16.9. The Labute approximate surface area is 240 Å². The second-order valence-electron chi connectivity index (χ2n) is 5.73. The summed E-state index contributed by atoms with van der Waals surface area (Å²) < 4.78 is 69.7. The molecular weight excluding hydrogens is 518 g/mol. The maximum Gasteiger partial charge on any atom is 1.00 e. The first-order valence-electron chi connectivity index (χ1n) is 7.78. The van der Waals surface area contributed by atoms with Crippen LogP contribution < -0.4 is 81.2 Å². The Balaban J connectivity index is 0.00000480. The number of hydrogen-bond donors (Lipinski definition) is 4. The normalized spacial score (nSPS) is 11.2. The number of benzene rings is 2. The molecular formula is C16H14N4Na2O6S4. The van der Waals surface area contributed by atoms with Crippen molar-refractivity contribution in [3.8, 4) is 0 Å². The van der Waals surface area contributed by atoms with Crippen LogP contribution in [0.3, 0.4) is 0 Å². The van der Waals surface area contributed by atoms with E-state index in [4.69, 9.17) is 11.5 Å². The summed E-state index contributed by atoms with van der Waals surface area (Å²) in [5.74, 6) is 0. The number of anilines is 2. The molecule has 2 aromatic carbocycles. The Bertz CT molecular complexity index is 1170. The van der Waals surface area contributed by atoms with Crippen LogP contribution >= 0.6 is 24.4 Å². The van der Waals surface area contributed by atoms with Gasteiger partial charge in [-0.1, -0.05) is 24.3 Å². The van der Waals surface area contributed by atoms with Crippen molar-refractivity contribution in [2.24, 2.45) is 11.5 Å². The van der Waals surface area contributed by atoms with Crippen LogP contribution in [0.2, 0.25) is 0 Å². The maximum atomic E-state index is 11.6. The van der Waals surface area contributed by atoms with E-state index in [9.17, 15) is 25.9 Å². The number of nitrogens with one attached hydrogen (secondary N) is 2. The smallest absolute Gasteiger partial charge is 0.744 e. The third-order valence-corrected chi connectivity index (χ3v) is 5.53. The molecule has 2 aromatic rings. The van der Waals surface area contributed by atoms with Gasteiger partial charge >= 0.3 is 59.1 Å². The van der Waals surface area contributed by atoms with Gasteiger partial charge in [0.05, 0.1) is 9.79 Å². The fourth-order valence-corrected chi connectivity index (χ4v) is 4.02. The molecule has 0 radical (unpaired) electrons. The summed E-state index contributed by atoms with van der Waals surface area (Å²) in [5, 5.41) is 4.73. The molecule has 0 aliphatic rings. The summed E-state index contributed by atoms with van der Waals surface area (Å²) in [6, 6.07) is 7.46. The van der Waals surface area contributed by atoms with Gasteiger partial charge in [-0.05, 0) is 59.8 Å². The third-order valence-electron chi connectivity index (χ3n) is 3.54. The molecule has 160 valence electrons. The van der Waals surface area contributed by atoms with Gasteiger partial charge in [0.1, 0.15) is 20.2 Å². The molecule has 0 fully saturated rings. The van der Waals surface area contributed by atoms with Crippen molar-refractivity contribution in [1.29, 1.82) is 0 Å². The molecule has 0 amide bonds. The zero-order valence-corrected chi connectivity index (χ0v) is 24.1. The van der Waals surface area contributed by atoms with E-state index in [-0.39, 0.29) is 91.8 Å². The standard InChI is InChI=1S/C16H16N4O6S4.2Na/c17-15(27)19-11-5-3-9(13(7-11)29(21,22)23)1-2-10-4-6-12(20-16(18)28)8-14(10)30(24,25)26;;/h1-8H,(H3,17,19,27)(H3,18,20,28)(H,21,22,23)(H,24,25,26);;/q;2*+1/p-2/b2-1+;;. The molecule has 6 N–H and O–H groups in total. The van der Waals surface area contributed by atoms with Crippen LogP contribution in [0.5, 0.6) is 0 Å². The molecule has 0 spiro atoms. The van der Waals surface area contributed by atoms with Gasteiger partial charge in [-0.3, -0.25) is 0 Å². The Morgan fingerprint density at radius 1 is 0.750 bits per heavy atom. The van der Waals surface area contributed by atoms with Crippen LogP contribution in [0.25, 0.3) is 12.2 Å². The zero-order chi connectivity index (χ0) is 22.7. The van der Waals surface area contributed by atoms with E-state index in [0.29, 0.717) is 0 Å². The van der Waals surface area contributed by atoms with Crippen molar-refractivity contribution >= 4 is 78.4 Å². The first kappa shape index (κ1) is 31.4. The summed E-state index contributed by atoms with van der Waals surface area (Å²) in [6.07, 6.45) is 2.36. The molecule has 0 bridgehead atoms. The summed E-state index contributed by atoms with van der Waals surface area (Å²) in [4.78, 5) is -1.20. The fraction of sp³-hybridized carbons (Fsp3) is 0. The minimum absolute atomic E-state index is 0. The van der Waals surface area contributed by atoms with Crippen molar-refractivity contribution in [2.75, 3.05) is 10.6 Å². The van der Waals surface area contributed by atoms with Crippen LogP contribution in [0.1, 0.15) is 11.1 Å². The number of hydrogen-bond acceptors (Lipinski definition) is 8. The van der Waals surface area contributed by atoms with Crippen LogP contribution in [0.4, 0.5) is 11.4 Å². The van der Waals surface area contributed by atoms with E-state index in [1.165, 1.54) is 36.4 Å². The van der Waals surface area contributed by atoms with Gasteiger partial charge < -0.3 is 31.2 Å². The molecule has 0 saturated heterocycles. The second kappa shape index (κ2) is 12.7. The molecule has 0 saturated carbocycles. The van der Waals surface area contributed by atoms with Crippen molar-refractivity contribution < 1.29 is 85.1 Å². The van der Waals surface area contributed by atoms with Gasteiger partial charge in [-0.15, -0.1) is 0 Å². The first-order chi connectivity index (χ1) is 13.8. The number of rotatable bonds is 6. The van der Waals surface area contributed by atoms with Crippen LogP contribution in [-0.2, 0) is 20.2 Å². The number of thiocarbonyl (C=S) groups is 2. The first-order valence-corrected chi connectivity index (χ1v) is 11.4.